The Bertz CT molecular complexity index is 433. The fraction of sp³-hybridized carbons (Fsp3) is 0.385. The third-order valence-corrected chi connectivity index (χ3v) is 2.64. The second kappa shape index (κ2) is 7.16. The van der Waals surface area contributed by atoms with Gasteiger partial charge in [0.05, 0.1) is 6.54 Å². The average Bonchev–Trinajstić information content (AvgIpc) is 2.25. The third kappa shape index (κ3) is 5.82. The van der Waals surface area contributed by atoms with Crippen molar-refractivity contribution in [2.45, 2.75) is 20.3 Å². The molecule has 0 aliphatic heterocycles. The summed E-state index contributed by atoms with van der Waals surface area (Å²) in [5.74, 6) is -0.0438. The van der Waals surface area contributed by atoms with Crippen molar-refractivity contribution in [2.24, 2.45) is 5.92 Å². The predicted molar refractivity (Wildman–Crippen MR) is 75.2 cm³/mol. The Morgan fingerprint density at radius 2 is 2.00 bits per heavy atom. The van der Waals surface area contributed by atoms with Crippen molar-refractivity contribution in [1.29, 1.82) is 0 Å². The van der Waals surface area contributed by atoms with Crippen LogP contribution in [0.3, 0.4) is 0 Å². The number of amides is 2. The summed E-state index contributed by atoms with van der Waals surface area (Å²) in [5, 5.41) is 5.29. The first-order valence-corrected chi connectivity index (χ1v) is 6.59. The molecular formula is C13H17BrN2O2. The van der Waals surface area contributed by atoms with Crippen LogP contribution in [0.1, 0.15) is 20.3 Å². The van der Waals surface area contributed by atoms with Crippen molar-refractivity contribution in [3.8, 4) is 0 Å². The van der Waals surface area contributed by atoms with Gasteiger partial charge < -0.3 is 10.6 Å². The second-order valence-electron chi connectivity index (χ2n) is 4.43. The number of nitrogens with one attached hydrogen (secondary N) is 2. The minimum Gasteiger partial charge on any atom is -0.347 e. The Balaban J connectivity index is 2.36. The largest absolute Gasteiger partial charge is 0.347 e. The summed E-state index contributed by atoms with van der Waals surface area (Å²) in [6, 6.07) is 7.30. The van der Waals surface area contributed by atoms with Crippen molar-refractivity contribution in [1.82, 2.24) is 5.32 Å². The molecule has 0 aliphatic rings. The summed E-state index contributed by atoms with van der Waals surface area (Å²) in [7, 11) is 0. The van der Waals surface area contributed by atoms with E-state index >= 15 is 0 Å². The molecule has 0 radical (unpaired) electrons. The quantitative estimate of drug-likeness (QED) is 0.878. The molecule has 4 nitrogen and oxygen atoms in total. The van der Waals surface area contributed by atoms with Crippen molar-refractivity contribution in [2.75, 3.05) is 11.9 Å². The van der Waals surface area contributed by atoms with E-state index in [9.17, 15) is 9.59 Å². The summed E-state index contributed by atoms with van der Waals surface area (Å²) < 4.78 is 0.893. The van der Waals surface area contributed by atoms with Gasteiger partial charge in [0.15, 0.2) is 0 Å². The van der Waals surface area contributed by atoms with Gasteiger partial charge in [-0.05, 0) is 24.1 Å². The van der Waals surface area contributed by atoms with Crippen molar-refractivity contribution >= 4 is 33.4 Å². The van der Waals surface area contributed by atoms with Gasteiger partial charge in [-0.1, -0.05) is 35.8 Å². The van der Waals surface area contributed by atoms with Crippen LogP contribution >= 0.6 is 15.9 Å². The standard InChI is InChI=1S/C13H17BrN2O2/c1-9(2)6-12(17)15-8-13(18)16-11-5-3-4-10(14)7-11/h3-5,7,9H,6,8H2,1-2H3,(H,15,17)(H,16,18). The van der Waals surface area contributed by atoms with Crippen molar-refractivity contribution in [3.63, 3.8) is 0 Å². The van der Waals surface area contributed by atoms with E-state index in [1.54, 1.807) is 12.1 Å². The number of benzene rings is 1. The molecule has 5 heteroatoms. The van der Waals surface area contributed by atoms with E-state index in [0.29, 0.717) is 12.1 Å². The maximum absolute atomic E-state index is 11.6. The first kappa shape index (κ1) is 14.7. The number of halogens is 1. The van der Waals surface area contributed by atoms with E-state index in [4.69, 9.17) is 0 Å². The number of carbonyl (C=O) groups excluding carboxylic acids is 2. The average molecular weight is 313 g/mol. The van der Waals surface area contributed by atoms with Crippen LogP contribution < -0.4 is 10.6 Å². The molecule has 0 heterocycles. The summed E-state index contributed by atoms with van der Waals surface area (Å²) >= 11 is 3.32. The summed E-state index contributed by atoms with van der Waals surface area (Å²) in [5.41, 5.74) is 0.701. The Hall–Kier alpha value is -1.36. The maximum atomic E-state index is 11.6. The third-order valence-electron chi connectivity index (χ3n) is 2.15. The Kier molecular flexibility index (Phi) is 5.85. The zero-order valence-corrected chi connectivity index (χ0v) is 12.1. The van der Waals surface area contributed by atoms with Gasteiger partial charge in [0, 0.05) is 16.6 Å². The lowest BCUT2D eigenvalue weighted by atomic mass is 10.1. The molecule has 0 bridgehead atoms. The molecular weight excluding hydrogens is 296 g/mol. The van der Waals surface area contributed by atoms with Crippen LogP contribution in [-0.4, -0.2) is 18.4 Å². The van der Waals surface area contributed by atoms with Gasteiger partial charge in [0.25, 0.3) is 0 Å². The van der Waals surface area contributed by atoms with Crippen molar-refractivity contribution in [3.05, 3.63) is 28.7 Å². The van der Waals surface area contributed by atoms with Crippen LogP contribution in [0.2, 0.25) is 0 Å². The minimum atomic E-state index is -0.231. The molecule has 0 aromatic heterocycles. The van der Waals surface area contributed by atoms with Gasteiger partial charge in [-0.2, -0.15) is 0 Å². The molecule has 0 spiro atoms. The van der Waals surface area contributed by atoms with E-state index in [-0.39, 0.29) is 24.3 Å². The van der Waals surface area contributed by atoms with Crippen molar-refractivity contribution < 1.29 is 9.59 Å². The fourth-order valence-corrected chi connectivity index (χ4v) is 1.79. The van der Waals surface area contributed by atoms with E-state index < -0.39 is 0 Å². The molecule has 0 fully saturated rings. The molecule has 18 heavy (non-hydrogen) atoms. The van der Waals surface area contributed by atoms with Crippen LogP contribution in [0.5, 0.6) is 0 Å². The highest BCUT2D eigenvalue weighted by Crippen LogP contribution is 2.15. The zero-order chi connectivity index (χ0) is 13.5. The molecule has 98 valence electrons. The fourth-order valence-electron chi connectivity index (χ4n) is 1.39. The molecule has 2 amide bonds. The molecule has 1 rings (SSSR count). The normalized spacial score (nSPS) is 10.2. The van der Waals surface area contributed by atoms with Gasteiger partial charge in [-0.15, -0.1) is 0 Å². The van der Waals surface area contributed by atoms with Gasteiger partial charge in [0.1, 0.15) is 0 Å². The van der Waals surface area contributed by atoms with Crippen LogP contribution in [0.15, 0.2) is 28.7 Å². The maximum Gasteiger partial charge on any atom is 0.243 e. The lowest BCUT2D eigenvalue weighted by molar-refractivity contribution is -0.124. The first-order valence-electron chi connectivity index (χ1n) is 5.79. The minimum absolute atomic E-state index is 0.00192. The molecule has 0 aliphatic carbocycles. The number of anilines is 1. The van der Waals surface area contributed by atoms with Gasteiger partial charge in [0.2, 0.25) is 11.8 Å². The lowest BCUT2D eigenvalue weighted by Gasteiger charge is -2.08. The van der Waals surface area contributed by atoms with E-state index in [2.05, 4.69) is 26.6 Å². The lowest BCUT2D eigenvalue weighted by Crippen LogP contribution is -2.33. The molecule has 0 saturated carbocycles. The molecule has 0 unspecified atom stereocenters. The monoisotopic (exact) mass is 312 g/mol. The van der Waals surface area contributed by atoms with E-state index in [1.165, 1.54) is 0 Å². The Morgan fingerprint density at radius 3 is 2.61 bits per heavy atom. The van der Waals surface area contributed by atoms with Gasteiger partial charge in [-0.25, -0.2) is 0 Å². The smallest absolute Gasteiger partial charge is 0.243 e. The summed E-state index contributed by atoms with van der Waals surface area (Å²) in [4.78, 5) is 22.9. The SMILES string of the molecule is CC(C)CC(=O)NCC(=O)Nc1cccc(Br)c1. The first-order chi connectivity index (χ1) is 8.47. The Morgan fingerprint density at radius 1 is 1.28 bits per heavy atom. The van der Waals surface area contributed by atoms with Gasteiger partial charge in [-0.3, -0.25) is 9.59 Å². The topological polar surface area (TPSA) is 58.2 Å². The molecule has 1 aromatic carbocycles. The zero-order valence-electron chi connectivity index (χ0n) is 10.5. The molecule has 0 saturated heterocycles. The van der Waals surface area contributed by atoms with Crippen LogP contribution in [0, 0.1) is 5.92 Å². The van der Waals surface area contributed by atoms with E-state index in [0.717, 1.165) is 4.47 Å². The predicted octanol–water partition coefficient (Wildman–Crippen LogP) is 2.55. The number of rotatable bonds is 5. The number of hydrogen-bond donors (Lipinski definition) is 2. The highest BCUT2D eigenvalue weighted by atomic mass is 79.9. The van der Waals surface area contributed by atoms with Crippen LogP contribution in [0.4, 0.5) is 5.69 Å². The molecule has 2 N–H and O–H groups in total. The number of carbonyl (C=O) groups is 2. The number of hydrogen-bond acceptors (Lipinski definition) is 2. The van der Waals surface area contributed by atoms with Crippen LogP contribution in [0.25, 0.3) is 0 Å². The summed E-state index contributed by atoms with van der Waals surface area (Å²) in [6.07, 6.45) is 0.435. The van der Waals surface area contributed by atoms with Crippen LogP contribution in [-0.2, 0) is 9.59 Å². The highest BCUT2D eigenvalue weighted by Gasteiger charge is 2.07. The molecule has 1 aromatic rings. The Labute approximate surface area is 115 Å². The highest BCUT2D eigenvalue weighted by molar-refractivity contribution is 9.10. The second-order valence-corrected chi connectivity index (χ2v) is 5.35. The van der Waals surface area contributed by atoms with E-state index in [1.807, 2.05) is 26.0 Å². The summed E-state index contributed by atoms with van der Waals surface area (Å²) in [6.45, 7) is 3.92. The molecule has 0 atom stereocenters. The van der Waals surface area contributed by atoms with Gasteiger partial charge >= 0.3 is 0 Å².